The van der Waals surface area contributed by atoms with Crippen molar-refractivity contribution >= 4 is 38.4 Å². The first kappa shape index (κ1) is 25.5. The van der Waals surface area contributed by atoms with Gasteiger partial charge in [-0.15, -0.1) is 0 Å². The van der Waals surface area contributed by atoms with Crippen LogP contribution in [0.5, 0.6) is 0 Å². The number of benzene rings is 2. The summed E-state index contributed by atoms with van der Waals surface area (Å²) in [6.07, 6.45) is 0.398. The number of carbonyl (C=O) groups is 2. The Morgan fingerprint density at radius 3 is 2.47 bits per heavy atom. The van der Waals surface area contributed by atoms with Gasteiger partial charge in [-0.3, -0.25) is 4.79 Å². The first-order chi connectivity index (χ1) is 18.1. The third-order valence-corrected chi connectivity index (χ3v) is 8.18. The lowest BCUT2D eigenvalue weighted by Gasteiger charge is -2.12. The van der Waals surface area contributed by atoms with Crippen LogP contribution >= 0.6 is 0 Å². The van der Waals surface area contributed by atoms with Crippen LogP contribution in [0, 0.1) is 12.7 Å². The van der Waals surface area contributed by atoms with E-state index in [1.54, 1.807) is 61.0 Å². The Kier molecular flexibility index (Phi) is 6.70. The number of halogens is 1. The van der Waals surface area contributed by atoms with Crippen LogP contribution in [0.3, 0.4) is 0 Å². The normalized spacial score (nSPS) is 16.4. The standard InChI is InChI=1S/C27H25FN4O5S/c1-3-37-27(34)18-6-10-20(11-7-18)29-26(33)22-14-23(17-4-8-19(28)9-5-17)30-25-24(22)16(2)31-32(25)21-12-13-38(35,36)15-21/h4-11,14,21H,3,12-13,15H2,1-2H3,(H,29,33). The van der Waals surface area contributed by atoms with E-state index < -0.39 is 33.6 Å². The Labute approximate surface area is 218 Å². The number of anilines is 1. The van der Waals surface area contributed by atoms with Gasteiger partial charge < -0.3 is 10.1 Å². The monoisotopic (exact) mass is 536 g/mol. The molecule has 0 spiro atoms. The molecule has 5 rings (SSSR count). The number of pyridine rings is 1. The predicted molar refractivity (Wildman–Crippen MR) is 140 cm³/mol. The van der Waals surface area contributed by atoms with Crippen molar-refractivity contribution in [1.82, 2.24) is 14.8 Å². The maximum atomic E-state index is 13.6. The Morgan fingerprint density at radius 1 is 1.13 bits per heavy atom. The number of aromatic nitrogens is 3. The Balaban J connectivity index is 1.58. The Bertz CT molecular complexity index is 1650. The largest absolute Gasteiger partial charge is 0.462 e. The van der Waals surface area contributed by atoms with E-state index >= 15 is 0 Å². The van der Waals surface area contributed by atoms with Gasteiger partial charge in [-0.1, -0.05) is 0 Å². The van der Waals surface area contributed by atoms with Gasteiger partial charge in [0.2, 0.25) is 0 Å². The van der Waals surface area contributed by atoms with Crippen LogP contribution in [-0.4, -0.2) is 53.2 Å². The fourth-order valence-corrected chi connectivity index (χ4v) is 6.28. The highest BCUT2D eigenvalue weighted by atomic mass is 32.2. The third kappa shape index (κ3) is 5.01. The number of hydrogen-bond donors (Lipinski definition) is 1. The zero-order valence-electron chi connectivity index (χ0n) is 20.8. The number of ether oxygens (including phenoxy) is 1. The van der Waals surface area contributed by atoms with Gasteiger partial charge in [0.15, 0.2) is 15.5 Å². The molecule has 3 heterocycles. The highest BCUT2D eigenvalue weighted by molar-refractivity contribution is 7.91. The van der Waals surface area contributed by atoms with E-state index in [-0.39, 0.29) is 23.7 Å². The minimum Gasteiger partial charge on any atom is -0.462 e. The molecule has 1 unspecified atom stereocenters. The Morgan fingerprint density at radius 2 is 1.84 bits per heavy atom. The number of rotatable bonds is 6. The van der Waals surface area contributed by atoms with E-state index in [1.807, 2.05) is 0 Å². The molecular formula is C27H25FN4O5S. The maximum absolute atomic E-state index is 13.6. The van der Waals surface area contributed by atoms with Gasteiger partial charge in [-0.05, 0) is 74.9 Å². The highest BCUT2D eigenvalue weighted by Crippen LogP contribution is 2.32. The summed E-state index contributed by atoms with van der Waals surface area (Å²) in [5.41, 5.74) is 3.03. The summed E-state index contributed by atoms with van der Waals surface area (Å²) in [4.78, 5) is 30.2. The van der Waals surface area contributed by atoms with Crippen molar-refractivity contribution in [3.05, 3.63) is 77.2 Å². The number of nitrogens with zero attached hydrogens (tertiary/aromatic N) is 3. The summed E-state index contributed by atoms with van der Waals surface area (Å²) in [6, 6.07) is 13.3. The van der Waals surface area contributed by atoms with Crippen molar-refractivity contribution in [3.63, 3.8) is 0 Å². The van der Waals surface area contributed by atoms with Gasteiger partial charge in [0.25, 0.3) is 5.91 Å². The maximum Gasteiger partial charge on any atom is 0.338 e. The number of sulfone groups is 1. The fourth-order valence-electron chi connectivity index (χ4n) is 4.59. The first-order valence-electron chi connectivity index (χ1n) is 12.1. The molecule has 0 aliphatic carbocycles. The Hall–Kier alpha value is -4.12. The zero-order chi connectivity index (χ0) is 27.0. The second-order valence-corrected chi connectivity index (χ2v) is 11.3. The number of amides is 1. The predicted octanol–water partition coefficient (Wildman–Crippen LogP) is 4.33. The summed E-state index contributed by atoms with van der Waals surface area (Å²) in [5.74, 6) is -1.30. The molecular weight excluding hydrogens is 511 g/mol. The number of aryl methyl sites for hydroxylation is 1. The summed E-state index contributed by atoms with van der Waals surface area (Å²) >= 11 is 0. The van der Waals surface area contributed by atoms with Crippen LogP contribution in [0.25, 0.3) is 22.3 Å². The number of esters is 1. The molecule has 1 aliphatic rings. The summed E-state index contributed by atoms with van der Waals surface area (Å²) in [7, 11) is -3.19. The number of fused-ring (bicyclic) bond motifs is 1. The molecule has 1 atom stereocenters. The van der Waals surface area contributed by atoms with Crippen molar-refractivity contribution in [1.29, 1.82) is 0 Å². The van der Waals surface area contributed by atoms with Crippen molar-refractivity contribution in [2.24, 2.45) is 0 Å². The van der Waals surface area contributed by atoms with E-state index in [0.29, 0.717) is 45.7 Å². The molecule has 1 N–H and O–H groups in total. The quantitative estimate of drug-likeness (QED) is 0.364. The molecule has 1 saturated heterocycles. The molecule has 1 amide bonds. The lowest BCUT2D eigenvalue weighted by atomic mass is 10.0. The fraction of sp³-hybridized carbons (Fsp3) is 0.259. The van der Waals surface area contributed by atoms with E-state index in [4.69, 9.17) is 9.72 Å². The summed E-state index contributed by atoms with van der Waals surface area (Å²) in [5, 5.41) is 7.93. The number of carbonyl (C=O) groups excluding carboxylic acids is 2. The van der Waals surface area contributed by atoms with Gasteiger partial charge in [0.1, 0.15) is 5.82 Å². The molecule has 0 saturated carbocycles. The molecule has 196 valence electrons. The van der Waals surface area contributed by atoms with Crippen LogP contribution in [-0.2, 0) is 14.6 Å². The SMILES string of the molecule is CCOC(=O)c1ccc(NC(=O)c2cc(-c3ccc(F)cc3)nc3c2c(C)nn3C2CCS(=O)(=O)C2)cc1. The number of hydrogen-bond acceptors (Lipinski definition) is 7. The van der Waals surface area contributed by atoms with Gasteiger partial charge in [0, 0.05) is 11.3 Å². The molecule has 2 aromatic heterocycles. The average Bonchev–Trinajstić information content (AvgIpc) is 3.43. The van der Waals surface area contributed by atoms with Gasteiger partial charge in [-0.25, -0.2) is 27.3 Å². The topological polar surface area (TPSA) is 120 Å². The summed E-state index contributed by atoms with van der Waals surface area (Å²) in [6.45, 7) is 3.72. The molecule has 1 aliphatic heterocycles. The van der Waals surface area contributed by atoms with E-state index in [0.717, 1.165) is 0 Å². The van der Waals surface area contributed by atoms with Crippen LogP contribution in [0.4, 0.5) is 10.1 Å². The van der Waals surface area contributed by atoms with E-state index in [9.17, 15) is 22.4 Å². The zero-order valence-corrected chi connectivity index (χ0v) is 21.6. The molecule has 0 bridgehead atoms. The molecule has 0 radical (unpaired) electrons. The second-order valence-electron chi connectivity index (χ2n) is 9.10. The van der Waals surface area contributed by atoms with Gasteiger partial charge in [0.05, 0.1) is 52.1 Å². The van der Waals surface area contributed by atoms with Crippen molar-refractivity contribution in [2.45, 2.75) is 26.3 Å². The molecule has 2 aromatic carbocycles. The van der Waals surface area contributed by atoms with Crippen LogP contribution in [0.1, 0.15) is 45.8 Å². The lowest BCUT2D eigenvalue weighted by molar-refractivity contribution is 0.0526. The number of nitrogens with one attached hydrogen (secondary N) is 1. The van der Waals surface area contributed by atoms with E-state index in [1.165, 1.54) is 12.1 Å². The van der Waals surface area contributed by atoms with Crippen molar-refractivity contribution < 1.29 is 27.1 Å². The first-order valence-corrected chi connectivity index (χ1v) is 13.9. The lowest BCUT2D eigenvalue weighted by Crippen LogP contribution is -2.15. The van der Waals surface area contributed by atoms with Crippen molar-refractivity contribution in [3.8, 4) is 11.3 Å². The minimum atomic E-state index is -3.19. The second kappa shape index (κ2) is 9.97. The molecule has 9 nitrogen and oxygen atoms in total. The van der Waals surface area contributed by atoms with Gasteiger partial charge in [-0.2, -0.15) is 5.10 Å². The molecule has 1 fully saturated rings. The highest BCUT2D eigenvalue weighted by Gasteiger charge is 2.32. The summed E-state index contributed by atoms with van der Waals surface area (Å²) < 4.78 is 44.5. The van der Waals surface area contributed by atoms with Gasteiger partial charge >= 0.3 is 5.97 Å². The minimum absolute atomic E-state index is 0.0555. The molecule has 38 heavy (non-hydrogen) atoms. The van der Waals surface area contributed by atoms with Crippen LogP contribution < -0.4 is 5.32 Å². The van der Waals surface area contributed by atoms with E-state index in [2.05, 4.69) is 10.4 Å². The average molecular weight is 537 g/mol. The third-order valence-electron chi connectivity index (χ3n) is 6.43. The molecule has 11 heteroatoms. The van der Waals surface area contributed by atoms with Crippen LogP contribution in [0.2, 0.25) is 0 Å². The smallest absolute Gasteiger partial charge is 0.338 e. The van der Waals surface area contributed by atoms with Crippen LogP contribution in [0.15, 0.2) is 54.6 Å². The van der Waals surface area contributed by atoms with Crippen molar-refractivity contribution in [2.75, 3.05) is 23.4 Å². The molecule has 4 aromatic rings.